The van der Waals surface area contributed by atoms with Crippen LogP contribution >= 0.6 is 0 Å². The second-order valence-corrected chi connectivity index (χ2v) is 7.32. The summed E-state index contributed by atoms with van der Waals surface area (Å²) >= 11 is 0. The van der Waals surface area contributed by atoms with Gasteiger partial charge in [-0.05, 0) is 50.8 Å². The highest BCUT2D eigenvalue weighted by Crippen LogP contribution is 2.22. The zero-order chi connectivity index (χ0) is 16.2. The lowest BCUT2D eigenvalue weighted by Gasteiger charge is -2.18. The molecule has 1 aromatic rings. The summed E-state index contributed by atoms with van der Waals surface area (Å²) in [4.78, 5) is 14.0. The molecule has 1 N–H and O–H groups in total. The van der Waals surface area contributed by atoms with E-state index in [9.17, 15) is 13.2 Å². The summed E-state index contributed by atoms with van der Waals surface area (Å²) in [5.74, 6) is 0.136. The number of hydrogen-bond acceptors (Lipinski definition) is 3. The number of aryl methyl sites for hydroxylation is 1. The summed E-state index contributed by atoms with van der Waals surface area (Å²) in [6.07, 6.45) is 2.93. The maximum Gasteiger partial charge on any atom is 0.240 e. The van der Waals surface area contributed by atoms with E-state index in [4.69, 9.17) is 0 Å². The molecule has 22 heavy (non-hydrogen) atoms. The van der Waals surface area contributed by atoms with Gasteiger partial charge in [0, 0.05) is 25.6 Å². The molecular formula is C16H24N2O3S. The van der Waals surface area contributed by atoms with Crippen LogP contribution in [0.5, 0.6) is 0 Å². The molecule has 0 unspecified atom stereocenters. The maximum atomic E-state index is 12.1. The van der Waals surface area contributed by atoms with E-state index < -0.39 is 10.0 Å². The third-order valence-corrected chi connectivity index (χ3v) is 5.41. The van der Waals surface area contributed by atoms with Crippen molar-refractivity contribution >= 4 is 15.9 Å². The smallest absolute Gasteiger partial charge is 0.240 e. The summed E-state index contributed by atoms with van der Waals surface area (Å²) in [5, 5.41) is 0. The first-order valence-corrected chi connectivity index (χ1v) is 9.33. The molecule has 0 spiro atoms. The van der Waals surface area contributed by atoms with E-state index in [-0.39, 0.29) is 11.9 Å². The Kier molecular flexibility index (Phi) is 5.58. The predicted molar refractivity (Wildman–Crippen MR) is 86.0 cm³/mol. The molecular weight excluding hydrogens is 300 g/mol. The third-order valence-electron chi connectivity index (χ3n) is 3.88. The molecule has 0 radical (unpaired) electrons. The van der Waals surface area contributed by atoms with Gasteiger partial charge in [-0.3, -0.25) is 4.79 Å². The van der Waals surface area contributed by atoms with E-state index in [0.717, 1.165) is 31.5 Å². The summed E-state index contributed by atoms with van der Waals surface area (Å²) in [6.45, 7) is 5.38. The number of amides is 1. The fourth-order valence-electron chi connectivity index (χ4n) is 2.31. The minimum Gasteiger partial charge on any atom is -0.343 e. The molecule has 1 saturated carbocycles. The number of nitrogens with one attached hydrogen (secondary N) is 1. The van der Waals surface area contributed by atoms with Gasteiger partial charge in [0.15, 0.2) is 0 Å². The van der Waals surface area contributed by atoms with E-state index in [1.54, 1.807) is 29.2 Å². The number of hydrogen-bond donors (Lipinski definition) is 1. The van der Waals surface area contributed by atoms with Crippen LogP contribution in [0.2, 0.25) is 0 Å². The summed E-state index contributed by atoms with van der Waals surface area (Å²) in [5.41, 5.74) is 0.978. The van der Waals surface area contributed by atoms with Crippen LogP contribution in [0.3, 0.4) is 0 Å². The van der Waals surface area contributed by atoms with Gasteiger partial charge in [0.2, 0.25) is 15.9 Å². The number of carbonyl (C=O) groups is 1. The van der Waals surface area contributed by atoms with Gasteiger partial charge in [0.25, 0.3) is 0 Å². The number of rotatable bonds is 8. The van der Waals surface area contributed by atoms with Gasteiger partial charge in [0.05, 0.1) is 4.90 Å². The Balaban J connectivity index is 1.93. The van der Waals surface area contributed by atoms with Crippen molar-refractivity contribution in [3.63, 3.8) is 0 Å². The van der Waals surface area contributed by atoms with Gasteiger partial charge in [0.1, 0.15) is 0 Å². The van der Waals surface area contributed by atoms with Crippen molar-refractivity contribution in [3.05, 3.63) is 29.8 Å². The average Bonchev–Trinajstić information content (AvgIpc) is 3.30. The predicted octanol–water partition coefficient (Wildman–Crippen LogP) is 1.93. The molecule has 1 aliphatic rings. The Hall–Kier alpha value is -1.40. The first-order valence-electron chi connectivity index (χ1n) is 7.85. The molecule has 122 valence electrons. The van der Waals surface area contributed by atoms with E-state index in [0.29, 0.717) is 17.7 Å². The lowest BCUT2D eigenvalue weighted by atomic mass is 10.1. The minimum absolute atomic E-state index is 0.108. The molecule has 1 amide bonds. The van der Waals surface area contributed by atoms with E-state index in [2.05, 4.69) is 4.72 Å². The standard InChI is InChI=1S/C16H24N2O3S/c1-3-18(4-2)16(19)12-7-13-5-10-15(11-6-13)22(20,21)17-14-8-9-14/h5-6,10-11,14,17H,3-4,7-9,12H2,1-2H3. The lowest BCUT2D eigenvalue weighted by molar-refractivity contribution is -0.130. The Morgan fingerprint density at radius 3 is 2.27 bits per heavy atom. The second kappa shape index (κ2) is 7.24. The number of carbonyl (C=O) groups excluding carboxylic acids is 1. The summed E-state index contributed by atoms with van der Waals surface area (Å²) in [6, 6.07) is 6.91. The molecule has 1 aromatic carbocycles. The molecule has 0 bridgehead atoms. The van der Waals surface area contributed by atoms with Gasteiger partial charge >= 0.3 is 0 Å². The highest BCUT2D eigenvalue weighted by atomic mass is 32.2. The van der Waals surface area contributed by atoms with Crippen molar-refractivity contribution in [1.29, 1.82) is 0 Å². The van der Waals surface area contributed by atoms with E-state index in [1.807, 2.05) is 13.8 Å². The normalized spacial score (nSPS) is 14.8. The van der Waals surface area contributed by atoms with Crippen LogP contribution < -0.4 is 4.72 Å². The Bertz CT molecular complexity index is 603. The molecule has 0 atom stereocenters. The maximum absolute atomic E-state index is 12.1. The van der Waals surface area contributed by atoms with Crippen LogP contribution in [0.15, 0.2) is 29.2 Å². The quantitative estimate of drug-likeness (QED) is 0.794. The zero-order valence-corrected chi connectivity index (χ0v) is 14.0. The van der Waals surface area contributed by atoms with Crippen LogP contribution in [0.25, 0.3) is 0 Å². The van der Waals surface area contributed by atoms with Crippen molar-refractivity contribution in [2.45, 2.75) is 50.5 Å². The van der Waals surface area contributed by atoms with Gasteiger partial charge in [-0.25, -0.2) is 13.1 Å². The first-order chi connectivity index (χ1) is 10.5. The number of benzene rings is 1. The molecule has 0 heterocycles. The van der Waals surface area contributed by atoms with Crippen LogP contribution in [0.4, 0.5) is 0 Å². The Morgan fingerprint density at radius 2 is 1.77 bits per heavy atom. The van der Waals surface area contributed by atoms with Crippen molar-refractivity contribution in [2.24, 2.45) is 0 Å². The minimum atomic E-state index is -3.39. The molecule has 0 aliphatic heterocycles. The Labute approximate surface area is 132 Å². The van der Waals surface area contributed by atoms with Crippen LogP contribution in [-0.2, 0) is 21.2 Å². The van der Waals surface area contributed by atoms with Crippen LogP contribution in [-0.4, -0.2) is 38.4 Å². The SMILES string of the molecule is CCN(CC)C(=O)CCc1ccc(S(=O)(=O)NC2CC2)cc1. The molecule has 1 fully saturated rings. The third kappa shape index (κ3) is 4.55. The number of nitrogens with zero attached hydrogens (tertiary/aromatic N) is 1. The molecule has 0 saturated heterocycles. The van der Waals surface area contributed by atoms with E-state index >= 15 is 0 Å². The van der Waals surface area contributed by atoms with Crippen molar-refractivity contribution in [2.75, 3.05) is 13.1 Å². The molecule has 0 aromatic heterocycles. The van der Waals surface area contributed by atoms with Gasteiger partial charge in [-0.1, -0.05) is 12.1 Å². The highest BCUT2D eigenvalue weighted by Gasteiger charge is 2.27. The van der Waals surface area contributed by atoms with Crippen molar-refractivity contribution in [3.8, 4) is 0 Å². The fourth-order valence-corrected chi connectivity index (χ4v) is 3.61. The summed E-state index contributed by atoms with van der Waals surface area (Å²) < 4.78 is 26.8. The average molecular weight is 324 g/mol. The monoisotopic (exact) mass is 324 g/mol. The van der Waals surface area contributed by atoms with E-state index in [1.165, 1.54) is 0 Å². The largest absolute Gasteiger partial charge is 0.343 e. The zero-order valence-electron chi connectivity index (χ0n) is 13.2. The molecule has 2 rings (SSSR count). The van der Waals surface area contributed by atoms with Crippen LogP contribution in [0, 0.1) is 0 Å². The van der Waals surface area contributed by atoms with Crippen molar-refractivity contribution < 1.29 is 13.2 Å². The molecule has 1 aliphatic carbocycles. The highest BCUT2D eigenvalue weighted by molar-refractivity contribution is 7.89. The summed E-state index contributed by atoms with van der Waals surface area (Å²) in [7, 11) is -3.39. The van der Waals surface area contributed by atoms with Crippen LogP contribution in [0.1, 0.15) is 38.7 Å². The molecule has 5 nitrogen and oxygen atoms in total. The topological polar surface area (TPSA) is 66.5 Å². The van der Waals surface area contributed by atoms with Crippen molar-refractivity contribution in [1.82, 2.24) is 9.62 Å². The first kappa shape index (κ1) is 17.0. The van der Waals surface area contributed by atoms with Gasteiger partial charge < -0.3 is 4.90 Å². The van der Waals surface area contributed by atoms with Gasteiger partial charge in [-0.15, -0.1) is 0 Å². The second-order valence-electron chi connectivity index (χ2n) is 5.61. The number of sulfonamides is 1. The molecule has 6 heteroatoms. The van der Waals surface area contributed by atoms with Gasteiger partial charge in [-0.2, -0.15) is 0 Å². The fraction of sp³-hybridized carbons (Fsp3) is 0.562. The Morgan fingerprint density at radius 1 is 1.18 bits per heavy atom. The lowest BCUT2D eigenvalue weighted by Crippen LogP contribution is -2.30.